The number of hydrogen-bond acceptors (Lipinski definition) is 4. The number of aryl methyl sites for hydroxylation is 1. The van der Waals surface area contributed by atoms with Gasteiger partial charge in [0, 0.05) is 16.7 Å². The van der Waals surface area contributed by atoms with E-state index >= 15 is 0 Å². The van der Waals surface area contributed by atoms with Gasteiger partial charge < -0.3 is 10.5 Å². The first-order valence-electron chi connectivity index (χ1n) is 7.09. The second-order valence-electron chi connectivity index (χ2n) is 5.37. The standard InChI is InChI=1S/C16H23N3OS/c1-11(2)19-16(15(20-4)9-18-19)14(17)10-21-13-7-5-6-12(3)8-13/h5-9,11,14H,10,17H2,1-4H3. The lowest BCUT2D eigenvalue weighted by Gasteiger charge is -2.17. The summed E-state index contributed by atoms with van der Waals surface area (Å²) in [6.45, 7) is 6.29. The predicted molar refractivity (Wildman–Crippen MR) is 88.0 cm³/mol. The van der Waals surface area contributed by atoms with Crippen LogP contribution in [0.15, 0.2) is 35.4 Å². The van der Waals surface area contributed by atoms with Gasteiger partial charge in [-0.15, -0.1) is 11.8 Å². The number of hydrogen-bond donors (Lipinski definition) is 1. The Morgan fingerprint density at radius 3 is 2.76 bits per heavy atom. The Labute approximate surface area is 130 Å². The third-order valence-electron chi connectivity index (χ3n) is 3.28. The number of rotatable bonds is 6. The minimum Gasteiger partial charge on any atom is -0.493 e. The fourth-order valence-electron chi connectivity index (χ4n) is 2.25. The average molecular weight is 305 g/mol. The van der Waals surface area contributed by atoms with Crippen molar-refractivity contribution in [2.24, 2.45) is 5.73 Å². The summed E-state index contributed by atoms with van der Waals surface area (Å²) in [5.74, 6) is 1.55. The van der Waals surface area contributed by atoms with Gasteiger partial charge in [0.25, 0.3) is 0 Å². The summed E-state index contributed by atoms with van der Waals surface area (Å²) in [7, 11) is 1.66. The molecular weight excluding hydrogens is 282 g/mol. The van der Waals surface area contributed by atoms with Crippen LogP contribution in [-0.4, -0.2) is 22.6 Å². The molecule has 0 aliphatic rings. The summed E-state index contributed by atoms with van der Waals surface area (Å²) in [5.41, 5.74) is 8.61. The van der Waals surface area contributed by atoms with E-state index in [2.05, 4.69) is 50.1 Å². The molecule has 4 nitrogen and oxygen atoms in total. The highest BCUT2D eigenvalue weighted by Gasteiger charge is 2.20. The van der Waals surface area contributed by atoms with E-state index in [-0.39, 0.29) is 12.1 Å². The highest BCUT2D eigenvalue weighted by atomic mass is 32.2. The SMILES string of the molecule is COc1cnn(C(C)C)c1C(N)CSc1cccc(C)c1. The van der Waals surface area contributed by atoms with Gasteiger partial charge in [-0.05, 0) is 32.9 Å². The van der Waals surface area contributed by atoms with Gasteiger partial charge in [0.15, 0.2) is 5.75 Å². The molecule has 1 aromatic heterocycles. The first-order valence-corrected chi connectivity index (χ1v) is 8.08. The van der Waals surface area contributed by atoms with Crippen LogP contribution < -0.4 is 10.5 Å². The van der Waals surface area contributed by atoms with E-state index in [9.17, 15) is 0 Å². The van der Waals surface area contributed by atoms with Crippen molar-refractivity contribution in [1.82, 2.24) is 9.78 Å². The second kappa shape index (κ2) is 7.00. The van der Waals surface area contributed by atoms with Crippen molar-refractivity contribution < 1.29 is 4.74 Å². The molecule has 0 aliphatic carbocycles. The van der Waals surface area contributed by atoms with Gasteiger partial charge in [0.1, 0.15) is 0 Å². The zero-order chi connectivity index (χ0) is 15.4. The molecule has 1 atom stereocenters. The summed E-state index contributed by atoms with van der Waals surface area (Å²) in [6.07, 6.45) is 1.74. The summed E-state index contributed by atoms with van der Waals surface area (Å²) >= 11 is 1.76. The number of methoxy groups -OCH3 is 1. The van der Waals surface area contributed by atoms with Crippen LogP contribution in [0.2, 0.25) is 0 Å². The maximum atomic E-state index is 6.38. The minimum absolute atomic E-state index is 0.115. The number of ether oxygens (including phenoxy) is 1. The van der Waals surface area contributed by atoms with E-state index in [1.54, 1.807) is 25.1 Å². The van der Waals surface area contributed by atoms with Gasteiger partial charge >= 0.3 is 0 Å². The van der Waals surface area contributed by atoms with E-state index in [0.717, 1.165) is 17.2 Å². The van der Waals surface area contributed by atoms with Crippen LogP contribution in [0.3, 0.4) is 0 Å². The van der Waals surface area contributed by atoms with E-state index in [1.807, 2.05) is 4.68 Å². The quantitative estimate of drug-likeness (QED) is 0.829. The second-order valence-corrected chi connectivity index (χ2v) is 6.46. The number of nitrogens with two attached hydrogens (primary N) is 1. The molecular formula is C16H23N3OS. The third-order valence-corrected chi connectivity index (χ3v) is 4.39. The van der Waals surface area contributed by atoms with Crippen LogP contribution in [-0.2, 0) is 0 Å². The Balaban J connectivity index is 2.13. The summed E-state index contributed by atoms with van der Waals surface area (Å²) in [5, 5.41) is 4.38. The molecule has 1 aromatic carbocycles. The Morgan fingerprint density at radius 2 is 2.14 bits per heavy atom. The van der Waals surface area contributed by atoms with Gasteiger partial charge in [-0.25, -0.2) is 0 Å². The van der Waals surface area contributed by atoms with Crippen LogP contribution in [0.5, 0.6) is 5.75 Å². The van der Waals surface area contributed by atoms with Crippen molar-refractivity contribution >= 4 is 11.8 Å². The summed E-state index contributed by atoms with van der Waals surface area (Å²) < 4.78 is 7.34. The zero-order valence-electron chi connectivity index (χ0n) is 13.0. The molecule has 0 saturated carbocycles. The van der Waals surface area contributed by atoms with Crippen LogP contribution in [0, 0.1) is 6.92 Å². The highest BCUT2D eigenvalue weighted by Crippen LogP contribution is 2.30. The molecule has 2 aromatic rings. The minimum atomic E-state index is -0.115. The Kier molecular flexibility index (Phi) is 5.31. The summed E-state index contributed by atoms with van der Waals surface area (Å²) in [4.78, 5) is 1.24. The lowest BCUT2D eigenvalue weighted by molar-refractivity contribution is 0.399. The Hall–Kier alpha value is -1.46. The predicted octanol–water partition coefficient (Wildman–Crippen LogP) is 3.57. The molecule has 0 amide bonds. The first-order chi connectivity index (χ1) is 10.0. The van der Waals surface area contributed by atoms with Crippen LogP contribution in [0.1, 0.15) is 37.2 Å². The number of thioether (sulfide) groups is 1. The van der Waals surface area contributed by atoms with Crippen molar-refractivity contribution in [3.8, 4) is 5.75 Å². The first kappa shape index (κ1) is 15.9. The molecule has 0 fully saturated rings. The smallest absolute Gasteiger partial charge is 0.161 e. The lowest BCUT2D eigenvalue weighted by atomic mass is 10.2. The maximum Gasteiger partial charge on any atom is 0.161 e. The normalized spacial score (nSPS) is 12.7. The van der Waals surface area contributed by atoms with Crippen molar-refractivity contribution in [3.05, 3.63) is 41.7 Å². The Morgan fingerprint density at radius 1 is 1.38 bits per heavy atom. The highest BCUT2D eigenvalue weighted by molar-refractivity contribution is 7.99. The zero-order valence-corrected chi connectivity index (χ0v) is 13.9. The number of aromatic nitrogens is 2. The van der Waals surface area contributed by atoms with Crippen molar-refractivity contribution in [1.29, 1.82) is 0 Å². The van der Waals surface area contributed by atoms with Gasteiger partial charge in [0.2, 0.25) is 0 Å². The topological polar surface area (TPSA) is 53.1 Å². The van der Waals surface area contributed by atoms with Crippen molar-refractivity contribution in [2.45, 2.75) is 37.8 Å². The van der Waals surface area contributed by atoms with Gasteiger partial charge in [-0.3, -0.25) is 4.68 Å². The van der Waals surface area contributed by atoms with Gasteiger partial charge in [0.05, 0.1) is 25.0 Å². The van der Waals surface area contributed by atoms with E-state index in [4.69, 9.17) is 10.5 Å². The number of benzene rings is 1. The number of nitrogens with zero attached hydrogens (tertiary/aromatic N) is 2. The van der Waals surface area contributed by atoms with Crippen LogP contribution in [0.4, 0.5) is 0 Å². The molecule has 0 bridgehead atoms. The third kappa shape index (κ3) is 3.80. The van der Waals surface area contributed by atoms with E-state index in [1.165, 1.54) is 10.5 Å². The van der Waals surface area contributed by atoms with Gasteiger partial charge in [-0.2, -0.15) is 5.10 Å². The summed E-state index contributed by atoms with van der Waals surface area (Å²) in [6, 6.07) is 8.60. The monoisotopic (exact) mass is 305 g/mol. The van der Waals surface area contributed by atoms with Crippen molar-refractivity contribution in [2.75, 3.05) is 12.9 Å². The molecule has 0 spiro atoms. The molecule has 1 unspecified atom stereocenters. The van der Waals surface area contributed by atoms with E-state index < -0.39 is 0 Å². The van der Waals surface area contributed by atoms with Gasteiger partial charge in [-0.1, -0.05) is 17.7 Å². The largest absolute Gasteiger partial charge is 0.493 e. The molecule has 0 aliphatic heterocycles. The molecule has 0 saturated heterocycles. The molecule has 114 valence electrons. The van der Waals surface area contributed by atoms with Crippen molar-refractivity contribution in [3.63, 3.8) is 0 Å². The fraction of sp³-hybridized carbons (Fsp3) is 0.438. The molecule has 5 heteroatoms. The van der Waals surface area contributed by atoms with E-state index in [0.29, 0.717) is 0 Å². The molecule has 2 rings (SSSR count). The van der Waals surface area contributed by atoms with Crippen LogP contribution >= 0.6 is 11.8 Å². The molecule has 2 N–H and O–H groups in total. The molecule has 0 radical (unpaired) electrons. The maximum absolute atomic E-state index is 6.38. The fourth-order valence-corrected chi connectivity index (χ4v) is 3.22. The molecule has 21 heavy (non-hydrogen) atoms. The Bertz CT molecular complexity index is 595. The average Bonchev–Trinajstić information content (AvgIpc) is 2.89. The lowest BCUT2D eigenvalue weighted by Crippen LogP contribution is -2.20. The van der Waals surface area contributed by atoms with Crippen LogP contribution in [0.25, 0.3) is 0 Å². The molecule has 1 heterocycles.